The molecule has 0 aromatic carbocycles. The van der Waals surface area contributed by atoms with E-state index in [9.17, 15) is 0 Å². The first-order valence-electron chi connectivity index (χ1n) is 6.56. The van der Waals surface area contributed by atoms with E-state index < -0.39 is 0 Å². The Labute approximate surface area is 107 Å². The normalized spacial score (nSPS) is 22.3. The maximum absolute atomic E-state index is 6.01. The monoisotopic (exact) mass is 245 g/mol. The van der Waals surface area contributed by atoms with Gasteiger partial charge in [-0.1, -0.05) is 6.07 Å². The van der Waals surface area contributed by atoms with Crippen LogP contribution in [0, 0.1) is 5.92 Å². The van der Waals surface area contributed by atoms with Crippen LogP contribution in [-0.4, -0.2) is 33.7 Å². The third-order valence-corrected chi connectivity index (χ3v) is 3.71. The lowest BCUT2D eigenvalue weighted by atomic mass is 9.92. The highest BCUT2D eigenvalue weighted by atomic mass is 15.4. The van der Waals surface area contributed by atoms with Crippen LogP contribution in [-0.2, 0) is 0 Å². The average Bonchev–Trinajstić information content (AvgIpc) is 2.82. The Morgan fingerprint density at radius 3 is 3.11 bits per heavy atom. The molecule has 0 saturated carbocycles. The Morgan fingerprint density at radius 1 is 1.44 bits per heavy atom. The molecule has 5 nitrogen and oxygen atoms in total. The lowest BCUT2D eigenvalue weighted by Crippen LogP contribution is -2.42. The first kappa shape index (κ1) is 11.5. The summed E-state index contributed by atoms with van der Waals surface area (Å²) in [5, 5.41) is 4.52. The zero-order chi connectivity index (χ0) is 12.5. The Kier molecular flexibility index (Phi) is 2.91. The number of fused-ring (bicyclic) bond motifs is 1. The molecule has 1 saturated heterocycles. The van der Waals surface area contributed by atoms with Gasteiger partial charge in [-0.2, -0.15) is 4.98 Å². The predicted molar refractivity (Wildman–Crippen MR) is 71.6 cm³/mol. The summed E-state index contributed by atoms with van der Waals surface area (Å²) in [5.41, 5.74) is 6.91. The molecule has 96 valence electrons. The number of nitrogens with zero attached hydrogens (tertiary/aromatic N) is 4. The number of hydrogen-bond donors (Lipinski definition) is 1. The first-order valence-corrected chi connectivity index (χ1v) is 6.56. The molecule has 2 N–H and O–H groups in total. The number of aromatic nitrogens is 3. The van der Waals surface area contributed by atoms with Crippen molar-refractivity contribution in [3.8, 4) is 0 Å². The summed E-state index contributed by atoms with van der Waals surface area (Å²) in [6.45, 7) is 4.08. The third kappa shape index (κ3) is 2.06. The van der Waals surface area contributed by atoms with E-state index in [1.54, 1.807) is 0 Å². The van der Waals surface area contributed by atoms with Crippen molar-refractivity contribution < 1.29 is 0 Å². The van der Waals surface area contributed by atoms with Crippen molar-refractivity contribution in [1.82, 2.24) is 14.6 Å². The summed E-state index contributed by atoms with van der Waals surface area (Å²) >= 11 is 0. The second-order valence-corrected chi connectivity index (χ2v) is 5.12. The topological polar surface area (TPSA) is 59.5 Å². The number of rotatable bonds is 2. The maximum atomic E-state index is 6.01. The van der Waals surface area contributed by atoms with Gasteiger partial charge in [0.05, 0.1) is 0 Å². The van der Waals surface area contributed by atoms with Gasteiger partial charge in [-0.15, -0.1) is 5.10 Å². The molecular formula is C13H19N5. The summed E-state index contributed by atoms with van der Waals surface area (Å²) in [4.78, 5) is 6.82. The summed E-state index contributed by atoms with van der Waals surface area (Å²) in [6.07, 6.45) is 4.31. The number of pyridine rings is 1. The summed E-state index contributed by atoms with van der Waals surface area (Å²) < 4.78 is 1.82. The predicted octanol–water partition coefficient (Wildman–Crippen LogP) is 1.29. The van der Waals surface area contributed by atoms with Gasteiger partial charge in [0.25, 0.3) is 0 Å². The number of piperidine rings is 1. The van der Waals surface area contributed by atoms with Crippen LogP contribution < -0.4 is 10.6 Å². The molecule has 0 bridgehead atoms. The highest BCUT2D eigenvalue weighted by molar-refractivity contribution is 5.44. The second-order valence-electron chi connectivity index (χ2n) is 5.12. The van der Waals surface area contributed by atoms with Crippen LogP contribution in [0.4, 0.5) is 5.95 Å². The molecule has 1 fully saturated rings. The van der Waals surface area contributed by atoms with Crippen LogP contribution >= 0.6 is 0 Å². The van der Waals surface area contributed by atoms with Gasteiger partial charge in [-0.05, 0) is 37.8 Å². The standard InChI is InChI=1S/C13H19N5/c1-10(14)11-5-4-7-17(9-11)13-15-12-6-2-3-8-18(12)16-13/h2-3,6,8,10-11H,4-5,7,9,14H2,1H3. The number of nitrogens with two attached hydrogens (primary N) is 1. The van der Waals surface area contributed by atoms with Crippen molar-refractivity contribution in [2.75, 3.05) is 18.0 Å². The summed E-state index contributed by atoms with van der Waals surface area (Å²) in [6, 6.07) is 6.16. The molecule has 1 aliphatic rings. The Morgan fingerprint density at radius 2 is 2.33 bits per heavy atom. The molecule has 3 rings (SSSR count). The lowest BCUT2D eigenvalue weighted by Gasteiger charge is -2.33. The van der Waals surface area contributed by atoms with Gasteiger partial charge in [0, 0.05) is 25.3 Å². The molecule has 0 amide bonds. The average molecular weight is 245 g/mol. The van der Waals surface area contributed by atoms with Gasteiger partial charge in [-0.25, -0.2) is 4.52 Å². The highest BCUT2D eigenvalue weighted by Gasteiger charge is 2.24. The molecule has 2 atom stereocenters. The van der Waals surface area contributed by atoms with Gasteiger partial charge in [0.2, 0.25) is 5.95 Å². The fraction of sp³-hybridized carbons (Fsp3) is 0.538. The molecule has 0 radical (unpaired) electrons. The van der Waals surface area contributed by atoms with E-state index in [2.05, 4.69) is 21.9 Å². The van der Waals surface area contributed by atoms with Crippen LogP contribution in [0.25, 0.3) is 5.65 Å². The SMILES string of the molecule is CC(N)C1CCCN(c2nc3ccccn3n2)C1. The molecular weight excluding hydrogens is 226 g/mol. The van der Waals surface area contributed by atoms with E-state index in [1.165, 1.54) is 12.8 Å². The van der Waals surface area contributed by atoms with Crippen molar-refractivity contribution in [3.63, 3.8) is 0 Å². The first-order chi connectivity index (χ1) is 8.74. The van der Waals surface area contributed by atoms with Crippen molar-refractivity contribution >= 4 is 11.6 Å². The van der Waals surface area contributed by atoms with Crippen molar-refractivity contribution in [3.05, 3.63) is 24.4 Å². The fourth-order valence-corrected chi connectivity index (χ4v) is 2.57. The molecule has 2 unspecified atom stereocenters. The Bertz CT molecular complexity index is 500. The Balaban J connectivity index is 1.85. The Hall–Kier alpha value is -1.62. The van der Waals surface area contributed by atoms with Gasteiger partial charge >= 0.3 is 0 Å². The molecule has 5 heteroatoms. The van der Waals surface area contributed by atoms with E-state index in [0.29, 0.717) is 5.92 Å². The van der Waals surface area contributed by atoms with Gasteiger partial charge in [-0.3, -0.25) is 0 Å². The van der Waals surface area contributed by atoms with Crippen LogP contribution in [0.5, 0.6) is 0 Å². The van der Waals surface area contributed by atoms with Crippen LogP contribution in [0.15, 0.2) is 24.4 Å². The smallest absolute Gasteiger partial charge is 0.245 e. The summed E-state index contributed by atoms with van der Waals surface area (Å²) in [5.74, 6) is 1.37. The molecule has 2 aromatic rings. The van der Waals surface area contributed by atoms with Crippen LogP contribution in [0.3, 0.4) is 0 Å². The maximum Gasteiger partial charge on any atom is 0.245 e. The molecule has 18 heavy (non-hydrogen) atoms. The van der Waals surface area contributed by atoms with Crippen LogP contribution in [0.1, 0.15) is 19.8 Å². The zero-order valence-electron chi connectivity index (χ0n) is 10.7. The molecule has 0 aliphatic carbocycles. The van der Waals surface area contributed by atoms with Crippen molar-refractivity contribution in [2.24, 2.45) is 11.7 Å². The molecule has 1 aliphatic heterocycles. The second kappa shape index (κ2) is 4.57. The van der Waals surface area contributed by atoms with E-state index in [0.717, 1.165) is 24.7 Å². The summed E-state index contributed by atoms with van der Waals surface area (Å²) in [7, 11) is 0. The van der Waals surface area contributed by atoms with E-state index in [-0.39, 0.29) is 6.04 Å². The van der Waals surface area contributed by atoms with E-state index in [4.69, 9.17) is 5.73 Å². The van der Waals surface area contributed by atoms with Gasteiger partial charge < -0.3 is 10.6 Å². The van der Waals surface area contributed by atoms with E-state index in [1.807, 2.05) is 28.9 Å². The minimum absolute atomic E-state index is 0.241. The minimum atomic E-state index is 0.241. The third-order valence-electron chi connectivity index (χ3n) is 3.71. The van der Waals surface area contributed by atoms with Gasteiger partial charge in [0.15, 0.2) is 5.65 Å². The van der Waals surface area contributed by atoms with Gasteiger partial charge in [0.1, 0.15) is 0 Å². The largest absolute Gasteiger partial charge is 0.339 e. The quantitative estimate of drug-likeness (QED) is 0.866. The van der Waals surface area contributed by atoms with Crippen molar-refractivity contribution in [2.45, 2.75) is 25.8 Å². The molecule has 2 aromatic heterocycles. The molecule has 3 heterocycles. The van der Waals surface area contributed by atoms with E-state index >= 15 is 0 Å². The van der Waals surface area contributed by atoms with Crippen molar-refractivity contribution in [1.29, 1.82) is 0 Å². The molecule has 0 spiro atoms. The van der Waals surface area contributed by atoms with Crippen LogP contribution in [0.2, 0.25) is 0 Å². The highest BCUT2D eigenvalue weighted by Crippen LogP contribution is 2.22. The number of hydrogen-bond acceptors (Lipinski definition) is 4. The minimum Gasteiger partial charge on any atom is -0.339 e. The number of anilines is 1. The fourth-order valence-electron chi connectivity index (χ4n) is 2.57. The zero-order valence-corrected chi connectivity index (χ0v) is 10.7. The lowest BCUT2D eigenvalue weighted by molar-refractivity contribution is 0.362.